The van der Waals surface area contributed by atoms with E-state index in [1.54, 1.807) is 22.0 Å². The number of hydrogen-bond acceptors (Lipinski definition) is 5. The van der Waals surface area contributed by atoms with Crippen LogP contribution in [0.4, 0.5) is 5.69 Å². The minimum atomic E-state index is 0.00745. The van der Waals surface area contributed by atoms with E-state index in [0.717, 1.165) is 52.7 Å². The zero-order chi connectivity index (χ0) is 17.4. The minimum absolute atomic E-state index is 0.00745. The summed E-state index contributed by atoms with van der Waals surface area (Å²) < 4.78 is 1.70. The summed E-state index contributed by atoms with van der Waals surface area (Å²) in [6, 6.07) is 8.64. The van der Waals surface area contributed by atoms with Gasteiger partial charge in [0.15, 0.2) is 0 Å². The van der Waals surface area contributed by atoms with Crippen LogP contribution in [0.5, 0.6) is 0 Å². The molecule has 2 heterocycles. The average molecular weight is 354 g/mol. The molecule has 1 aromatic carbocycles. The Hall–Kier alpha value is -2.18. The zero-order valence-electron chi connectivity index (χ0n) is 14.2. The van der Waals surface area contributed by atoms with Gasteiger partial charge >= 0.3 is 0 Å². The Morgan fingerprint density at radius 1 is 1.24 bits per heavy atom. The van der Waals surface area contributed by atoms with Gasteiger partial charge in [0, 0.05) is 42.5 Å². The summed E-state index contributed by atoms with van der Waals surface area (Å²) >= 11 is 1.62. The lowest BCUT2D eigenvalue weighted by molar-refractivity contribution is 0.411. The summed E-state index contributed by atoms with van der Waals surface area (Å²) in [5.74, 6) is 0. The number of fused-ring (bicyclic) bond motifs is 1. The molecule has 0 aliphatic heterocycles. The van der Waals surface area contributed by atoms with Crippen molar-refractivity contribution in [2.24, 2.45) is 12.8 Å². The van der Waals surface area contributed by atoms with Gasteiger partial charge in [-0.1, -0.05) is 6.07 Å². The number of pyridine rings is 1. The monoisotopic (exact) mass is 354 g/mol. The van der Waals surface area contributed by atoms with Crippen LogP contribution < -0.4 is 16.6 Å². The molecule has 2 aromatic heterocycles. The van der Waals surface area contributed by atoms with Crippen molar-refractivity contribution >= 4 is 27.9 Å². The van der Waals surface area contributed by atoms with Crippen LogP contribution in [0.3, 0.4) is 0 Å². The van der Waals surface area contributed by atoms with E-state index in [2.05, 4.69) is 22.4 Å². The molecule has 1 aliphatic carbocycles. The number of hydrogen-bond donors (Lipinski definition) is 2. The van der Waals surface area contributed by atoms with E-state index in [1.165, 1.54) is 0 Å². The number of aromatic nitrogens is 2. The Morgan fingerprint density at radius 3 is 2.76 bits per heavy atom. The van der Waals surface area contributed by atoms with E-state index >= 15 is 0 Å². The molecule has 25 heavy (non-hydrogen) atoms. The molecule has 0 radical (unpaired) electrons. The smallest absolute Gasteiger partial charge is 0.252 e. The highest BCUT2D eigenvalue weighted by atomic mass is 32.1. The Bertz CT molecular complexity index is 940. The standard InChI is InChI=1S/C19H22N4OS/c1-23-17-7-2-12(18-10-21-11-25-18)8-15(17)16(9-19(23)24)22-14-5-3-13(20)4-6-14/h2,7-11,13-14,22H,3-6,20H2,1H3. The van der Waals surface area contributed by atoms with Crippen molar-refractivity contribution < 1.29 is 0 Å². The summed E-state index contributed by atoms with van der Waals surface area (Å²) in [6.07, 6.45) is 6.04. The summed E-state index contributed by atoms with van der Waals surface area (Å²) in [5, 5.41) is 4.68. The number of nitrogens with zero attached hydrogens (tertiary/aromatic N) is 2. The van der Waals surface area contributed by atoms with Gasteiger partial charge in [0.25, 0.3) is 5.56 Å². The number of rotatable bonds is 3. The number of anilines is 1. The molecule has 0 unspecified atom stereocenters. The minimum Gasteiger partial charge on any atom is -0.382 e. The third kappa shape index (κ3) is 3.19. The van der Waals surface area contributed by atoms with E-state index in [9.17, 15) is 4.79 Å². The second-order valence-electron chi connectivity index (χ2n) is 6.81. The van der Waals surface area contributed by atoms with Crippen LogP contribution in [-0.4, -0.2) is 21.6 Å². The zero-order valence-corrected chi connectivity index (χ0v) is 15.1. The van der Waals surface area contributed by atoms with Gasteiger partial charge in [-0.3, -0.25) is 9.78 Å². The van der Waals surface area contributed by atoms with Crippen LogP contribution in [0.15, 0.2) is 40.8 Å². The molecule has 3 N–H and O–H groups in total. The first-order valence-electron chi connectivity index (χ1n) is 8.66. The van der Waals surface area contributed by atoms with Crippen LogP contribution >= 0.6 is 11.3 Å². The van der Waals surface area contributed by atoms with Gasteiger partial charge in [0.05, 0.1) is 15.9 Å². The fraction of sp³-hybridized carbons (Fsp3) is 0.368. The number of thiazole rings is 1. The van der Waals surface area contributed by atoms with Gasteiger partial charge in [0.1, 0.15) is 0 Å². The maximum absolute atomic E-state index is 12.4. The second kappa shape index (κ2) is 6.61. The molecule has 0 bridgehead atoms. The van der Waals surface area contributed by atoms with Crippen molar-refractivity contribution in [3.63, 3.8) is 0 Å². The number of aryl methyl sites for hydroxylation is 1. The Morgan fingerprint density at radius 2 is 2.04 bits per heavy atom. The first-order chi connectivity index (χ1) is 12.1. The molecule has 130 valence electrons. The molecule has 0 atom stereocenters. The molecule has 5 nitrogen and oxygen atoms in total. The molecular weight excluding hydrogens is 332 g/mol. The SMILES string of the molecule is Cn1c(=O)cc(NC2CCC(N)CC2)c2cc(-c3cncs3)ccc21. The second-order valence-corrected chi connectivity index (χ2v) is 7.70. The highest BCUT2D eigenvalue weighted by Crippen LogP contribution is 2.31. The van der Waals surface area contributed by atoms with Crippen molar-refractivity contribution in [1.29, 1.82) is 0 Å². The summed E-state index contributed by atoms with van der Waals surface area (Å²) in [4.78, 5) is 17.7. The third-order valence-corrected chi connectivity index (χ3v) is 5.92. The Labute approximate surface area is 150 Å². The quantitative estimate of drug-likeness (QED) is 0.756. The van der Waals surface area contributed by atoms with E-state index in [1.807, 2.05) is 24.8 Å². The highest BCUT2D eigenvalue weighted by Gasteiger charge is 2.19. The van der Waals surface area contributed by atoms with E-state index in [4.69, 9.17) is 5.73 Å². The van der Waals surface area contributed by atoms with E-state index < -0.39 is 0 Å². The van der Waals surface area contributed by atoms with Crippen LogP contribution in [0.25, 0.3) is 21.3 Å². The number of nitrogens with one attached hydrogen (secondary N) is 1. The van der Waals surface area contributed by atoms with Crippen molar-refractivity contribution in [1.82, 2.24) is 9.55 Å². The first-order valence-corrected chi connectivity index (χ1v) is 9.54. The van der Waals surface area contributed by atoms with Crippen LogP contribution in [0, 0.1) is 0 Å². The van der Waals surface area contributed by atoms with E-state index in [-0.39, 0.29) is 5.56 Å². The van der Waals surface area contributed by atoms with Crippen molar-refractivity contribution in [3.05, 3.63) is 46.3 Å². The van der Waals surface area contributed by atoms with Crippen LogP contribution in [0.2, 0.25) is 0 Å². The lowest BCUT2D eigenvalue weighted by Crippen LogP contribution is -2.33. The molecule has 4 rings (SSSR count). The Balaban J connectivity index is 1.77. The molecule has 1 saturated carbocycles. The van der Waals surface area contributed by atoms with Crippen LogP contribution in [-0.2, 0) is 7.05 Å². The topological polar surface area (TPSA) is 72.9 Å². The molecule has 1 aliphatic rings. The number of nitrogens with two attached hydrogens (primary N) is 1. The van der Waals surface area contributed by atoms with Crippen molar-refractivity contribution in [3.8, 4) is 10.4 Å². The lowest BCUT2D eigenvalue weighted by Gasteiger charge is -2.28. The fourth-order valence-corrected chi connectivity index (χ4v) is 4.20. The molecule has 0 saturated heterocycles. The highest BCUT2D eigenvalue weighted by molar-refractivity contribution is 7.13. The Kier molecular flexibility index (Phi) is 4.31. The largest absolute Gasteiger partial charge is 0.382 e. The number of benzene rings is 1. The predicted molar refractivity (Wildman–Crippen MR) is 104 cm³/mol. The van der Waals surface area contributed by atoms with Gasteiger partial charge in [-0.05, 0) is 43.4 Å². The summed E-state index contributed by atoms with van der Waals surface area (Å²) in [5.41, 5.74) is 10.8. The van der Waals surface area contributed by atoms with Gasteiger partial charge in [-0.25, -0.2) is 0 Å². The lowest BCUT2D eigenvalue weighted by atomic mass is 9.91. The van der Waals surface area contributed by atoms with Gasteiger partial charge in [-0.2, -0.15) is 0 Å². The van der Waals surface area contributed by atoms with Crippen molar-refractivity contribution in [2.75, 3.05) is 5.32 Å². The normalized spacial score (nSPS) is 20.7. The third-order valence-electron chi connectivity index (χ3n) is 5.09. The molecule has 0 spiro atoms. The van der Waals surface area contributed by atoms with Gasteiger partial charge in [0.2, 0.25) is 0 Å². The molecular formula is C19H22N4OS. The van der Waals surface area contributed by atoms with Gasteiger partial charge in [-0.15, -0.1) is 11.3 Å². The first kappa shape index (κ1) is 16.3. The molecule has 3 aromatic rings. The summed E-state index contributed by atoms with van der Waals surface area (Å²) in [7, 11) is 1.82. The average Bonchev–Trinajstić information content (AvgIpc) is 3.15. The van der Waals surface area contributed by atoms with E-state index in [0.29, 0.717) is 12.1 Å². The molecule has 0 amide bonds. The maximum Gasteiger partial charge on any atom is 0.252 e. The fourth-order valence-electron chi connectivity index (χ4n) is 3.58. The maximum atomic E-state index is 12.4. The summed E-state index contributed by atoms with van der Waals surface area (Å²) in [6.45, 7) is 0. The van der Waals surface area contributed by atoms with Crippen molar-refractivity contribution in [2.45, 2.75) is 37.8 Å². The van der Waals surface area contributed by atoms with Crippen LogP contribution in [0.1, 0.15) is 25.7 Å². The van der Waals surface area contributed by atoms with Gasteiger partial charge < -0.3 is 15.6 Å². The molecule has 1 fully saturated rings. The predicted octanol–water partition coefficient (Wildman–Crippen LogP) is 3.34. The molecule has 6 heteroatoms.